The quantitative estimate of drug-likeness (QED) is 0.614. The molecule has 0 unspecified atom stereocenters. The first kappa shape index (κ1) is 10.1. The number of hydrogen-bond donors (Lipinski definition) is 0. The average Bonchev–Trinajstić information content (AvgIpc) is 2.66. The lowest BCUT2D eigenvalue weighted by atomic mass is 10.1. The van der Waals surface area contributed by atoms with Gasteiger partial charge in [-0.2, -0.15) is 0 Å². The summed E-state index contributed by atoms with van der Waals surface area (Å²) in [5.41, 5.74) is 4.56. The topological polar surface area (TPSA) is 17.8 Å². The number of aromatic nitrogens is 2. The van der Waals surface area contributed by atoms with Gasteiger partial charge in [0.15, 0.2) is 0 Å². The molecule has 2 aromatic heterocycles. The van der Waals surface area contributed by atoms with Crippen molar-refractivity contribution in [3.05, 3.63) is 48.3 Å². The second-order valence-corrected chi connectivity index (χ2v) is 4.33. The Hall–Kier alpha value is -2.09. The Morgan fingerprint density at radius 1 is 1.29 bits per heavy atom. The predicted octanol–water partition coefficient (Wildman–Crippen LogP) is 3.68. The maximum Gasteiger partial charge on any atom is 0.0867 e. The van der Waals surface area contributed by atoms with Crippen LogP contribution in [0.25, 0.3) is 27.9 Å². The number of hydrogen-bond acceptors (Lipinski definition) is 1. The zero-order chi connectivity index (χ0) is 12.0. The Balaban J connectivity index is 2.70. The zero-order valence-corrected chi connectivity index (χ0v) is 10.1. The fraction of sp³-hybridized carbons (Fsp3) is 0.133. The molecule has 17 heavy (non-hydrogen) atoms. The Labute approximate surface area is 100 Å². The second kappa shape index (κ2) is 3.45. The third kappa shape index (κ3) is 1.24. The van der Waals surface area contributed by atoms with Gasteiger partial charge < -0.3 is 4.57 Å². The van der Waals surface area contributed by atoms with Crippen molar-refractivity contribution in [3.8, 4) is 0 Å². The van der Waals surface area contributed by atoms with Gasteiger partial charge >= 0.3 is 0 Å². The lowest BCUT2D eigenvalue weighted by Gasteiger charge is -2.02. The number of fused-ring (bicyclic) bond motifs is 3. The van der Waals surface area contributed by atoms with Crippen molar-refractivity contribution >= 4 is 27.9 Å². The van der Waals surface area contributed by atoms with Crippen LogP contribution in [0.15, 0.2) is 37.0 Å². The first-order chi connectivity index (χ1) is 8.24. The van der Waals surface area contributed by atoms with E-state index in [0.717, 1.165) is 5.69 Å². The third-order valence-corrected chi connectivity index (χ3v) is 3.33. The molecule has 0 radical (unpaired) electrons. The number of benzene rings is 1. The highest BCUT2D eigenvalue weighted by atomic mass is 15.0. The third-order valence-electron chi connectivity index (χ3n) is 3.33. The average molecular weight is 222 g/mol. The van der Waals surface area contributed by atoms with E-state index in [0.29, 0.717) is 0 Å². The highest BCUT2D eigenvalue weighted by Crippen LogP contribution is 2.31. The number of aryl methyl sites for hydroxylation is 2. The van der Waals surface area contributed by atoms with Gasteiger partial charge in [-0.15, -0.1) is 0 Å². The smallest absolute Gasteiger partial charge is 0.0867 e. The molecule has 0 aliphatic heterocycles. The van der Waals surface area contributed by atoms with E-state index in [1.165, 1.54) is 27.4 Å². The Morgan fingerprint density at radius 2 is 2.06 bits per heavy atom. The summed E-state index contributed by atoms with van der Waals surface area (Å²) in [6.45, 7) is 5.95. The van der Waals surface area contributed by atoms with Gasteiger partial charge in [0.2, 0.25) is 0 Å². The number of para-hydroxylation sites is 1. The van der Waals surface area contributed by atoms with Crippen molar-refractivity contribution in [2.45, 2.75) is 6.92 Å². The van der Waals surface area contributed by atoms with Crippen LogP contribution in [0.5, 0.6) is 0 Å². The van der Waals surface area contributed by atoms with Gasteiger partial charge in [-0.3, -0.25) is 4.98 Å². The second-order valence-electron chi connectivity index (χ2n) is 4.33. The molecule has 0 fully saturated rings. The van der Waals surface area contributed by atoms with Crippen LogP contribution in [0.3, 0.4) is 0 Å². The summed E-state index contributed by atoms with van der Waals surface area (Å²) < 4.78 is 2.20. The molecule has 0 saturated carbocycles. The minimum atomic E-state index is 0.948. The molecule has 0 saturated heterocycles. The van der Waals surface area contributed by atoms with Crippen LogP contribution in [-0.4, -0.2) is 9.55 Å². The molecular weight excluding hydrogens is 208 g/mol. The van der Waals surface area contributed by atoms with Crippen LogP contribution < -0.4 is 0 Å². The zero-order valence-electron chi connectivity index (χ0n) is 10.1. The van der Waals surface area contributed by atoms with Crippen LogP contribution in [0.4, 0.5) is 0 Å². The Kier molecular flexibility index (Phi) is 2.05. The molecule has 0 spiro atoms. The maximum atomic E-state index is 4.44. The van der Waals surface area contributed by atoms with Gasteiger partial charge in [-0.25, -0.2) is 0 Å². The van der Waals surface area contributed by atoms with Crippen molar-refractivity contribution in [3.63, 3.8) is 0 Å². The normalized spacial score (nSPS) is 11.2. The van der Waals surface area contributed by atoms with Crippen molar-refractivity contribution in [1.29, 1.82) is 0 Å². The molecule has 2 heterocycles. The molecule has 0 amide bonds. The lowest BCUT2D eigenvalue weighted by Crippen LogP contribution is -1.92. The van der Waals surface area contributed by atoms with Crippen molar-refractivity contribution in [2.75, 3.05) is 0 Å². The molecule has 0 aliphatic carbocycles. The largest absolute Gasteiger partial charge is 0.342 e. The highest BCUT2D eigenvalue weighted by Gasteiger charge is 2.12. The maximum absolute atomic E-state index is 4.44. The first-order valence-corrected chi connectivity index (χ1v) is 5.69. The van der Waals surface area contributed by atoms with E-state index >= 15 is 0 Å². The van der Waals surface area contributed by atoms with E-state index in [1.807, 2.05) is 12.3 Å². The van der Waals surface area contributed by atoms with Gasteiger partial charge in [0.05, 0.1) is 11.2 Å². The molecule has 3 rings (SSSR count). The molecule has 84 valence electrons. The minimum absolute atomic E-state index is 0.948. The predicted molar refractivity (Wildman–Crippen MR) is 73.0 cm³/mol. The Morgan fingerprint density at radius 3 is 2.82 bits per heavy atom. The van der Waals surface area contributed by atoms with E-state index in [4.69, 9.17) is 0 Å². The standard InChI is InChI=1S/C15H14N2/c1-4-12-15-14(10(2)9-16-12)11-7-5-6-8-13(11)17(15)3/h4-9H,1H2,2-3H3. The molecule has 2 nitrogen and oxygen atoms in total. The van der Waals surface area contributed by atoms with E-state index in [9.17, 15) is 0 Å². The van der Waals surface area contributed by atoms with Gasteiger partial charge in [0.1, 0.15) is 0 Å². The van der Waals surface area contributed by atoms with Gasteiger partial charge in [0.25, 0.3) is 0 Å². The summed E-state index contributed by atoms with van der Waals surface area (Å²) in [5.74, 6) is 0. The first-order valence-electron chi connectivity index (χ1n) is 5.69. The van der Waals surface area contributed by atoms with E-state index in [2.05, 4.69) is 54.4 Å². The number of nitrogens with zero attached hydrogens (tertiary/aromatic N) is 2. The molecule has 0 aliphatic rings. The number of rotatable bonds is 1. The van der Waals surface area contributed by atoms with Crippen molar-refractivity contribution < 1.29 is 0 Å². The van der Waals surface area contributed by atoms with Gasteiger partial charge in [-0.05, 0) is 24.6 Å². The summed E-state index contributed by atoms with van der Waals surface area (Å²) >= 11 is 0. The minimum Gasteiger partial charge on any atom is -0.342 e. The van der Waals surface area contributed by atoms with Gasteiger partial charge in [-0.1, -0.05) is 24.8 Å². The van der Waals surface area contributed by atoms with Crippen LogP contribution in [0.2, 0.25) is 0 Å². The van der Waals surface area contributed by atoms with Crippen molar-refractivity contribution in [2.24, 2.45) is 7.05 Å². The molecule has 0 atom stereocenters. The van der Waals surface area contributed by atoms with Crippen LogP contribution in [0.1, 0.15) is 11.3 Å². The summed E-state index contributed by atoms with van der Waals surface area (Å²) in [6.07, 6.45) is 3.74. The Bertz CT molecular complexity index is 735. The fourth-order valence-corrected chi connectivity index (χ4v) is 2.53. The van der Waals surface area contributed by atoms with E-state index < -0.39 is 0 Å². The molecule has 1 aromatic carbocycles. The van der Waals surface area contributed by atoms with Gasteiger partial charge in [0, 0.05) is 29.5 Å². The van der Waals surface area contributed by atoms with Crippen LogP contribution >= 0.6 is 0 Å². The monoisotopic (exact) mass is 222 g/mol. The molecule has 0 N–H and O–H groups in total. The summed E-state index contributed by atoms with van der Waals surface area (Å²) in [5, 5.41) is 2.57. The molecule has 0 bridgehead atoms. The molecule has 2 heteroatoms. The lowest BCUT2D eigenvalue weighted by molar-refractivity contribution is 1.00. The fourth-order valence-electron chi connectivity index (χ4n) is 2.53. The van der Waals surface area contributed by atoms with Crippen LogP contribution in [0, 0.1) is 6.92 Å². The van der Waals surface area contributed by atoms with E-state index in [1.54, 1.807) is 0 Å². The molecule has 3 aromatic rings. The molecular formula is C15H14N2. The van der Waals surface area contributed by atoms with Crippen LogP contribution in [-0.2, 0) is 7.05 Å². The SMILES string of the molecule is C=Cc1ncc(C)c2c3ccccc3n(C)c12. The summed E-state index contributed by atoms with van der Waals surface area (Å²) in [4.78, 5) is 4.44. The summed E-state index contributed by atoms with van der Waals surface area (Å²) in [7, 11) is 2.08. The number of pyridine rings is 1. The van der Waals surface area contributed by atoms with E-state index in [-0.39, 0.29) is 0 Å². The highest BCUT2D eigenvalue weighted by molar-refractivity contribution is 6.11. The van der Waals surface area contributed by atoms with Crippen molar-refractivity contribution in [1.82, 2.24) is 9.55 Å². The summed E-state index contributed by atoms with van der Waals surface area (Å²) in [6, 6.07) is 8.45.